The Morgan fingerprint density at radius 1 is 0.839 bits per heavy atom. The number of rotatable bonds is 6. The number of anilines is 1. The molecule has 2 N–H and O–H groups in total. The van der Waals surface area contributed by atoms with E-state index in [1.807, 2.05) is 69.3 Å². The molecule has 0 aliphatic rings. The zero-order valence-corrected chi connectivity index (χ0v) is 18.1. The molecule has 4 nitrogen and oxygen atoms in total. The van der Waals surface area contributed by atoms with Crippen LogP contribution >= 0.6 is 0 Å². The number of nitrogens with one attached hydrogen (secondary N) is 1. The first-order valence-electron chi connectivity index (χ1n) is 10.2. The van der Waals surface area contributed by atoms with Crippen molar-refractivity contribution in [1.29, 1.82) is 0 Å². The van der Waals surface area contributed by atoms with Gasteiger partial charge in [-0.25, -0.2) is 4.79 Å². The van der Waals surface area contributed by atoms with Gasteiger partial charge >= 0.3 is 5.97 Å². The maximum Gasteiger partial charge on any atom is 0.335 e. The second kappa shape index (κ2) is 11.3. The highest BCUT2D eigenvalue weighted by Gasteiger charge is 2.09. The van der Waals surface area contributed by atoms with Gasteiger partial charge < -0.3 is 10.4 Å². The molecule has 158 valence electrons. The van der Waals surface area contributed by atoms with Crippen molar-refractivity contribution in [3.05, 3.63) is 102 Å². The Balaban J connectivity index is 0.00000166. The zero-order valence-electron chi connectivity index (χ0n) is 18.1. The van der Waals surface area contributed by atoms with Gasteiger partial charge in [0.1, 0.15) is 0 Å². The monoisotopic (exact) mass is 413 g/mol. The van der Waals surface area contributed by atoms with E-state index in [4.69, 9.17) is 5.11 Å². The predicted octanol–water partition coefficient (Wildman–Crippen LogP) is 7.01. The zero-order chi connectivity index (χ0) is 22.8. The van der Waals surface area contributed by atoms with Gasteiger partial charge in [0.05, 0.1) is 5.56 Å². The summed E-state index contributed by atoms with van der Waals surface area (Å²) in [6.45, 7) is 9.73. The maximum absolute atomic E-state index is 12.6. The van der Waals surface area contributed by atoms with Crippen LogP contribution in [0.25, 0.3) is 23.3 Å². The standard InChI is InChI=1S/C25H21NO3.C2H6/c1-3-5-21-16-22(11-6-17(21)4-2)24(27)26-23-14-12-19(13-15-23)18-7-9-20(10-8-18)25(28)29;1-2/h3-16H,2H2,1H3,(H,26,27)(H,28,29);1-2H3/b5-3-;. The SMILES string of the molecule is C=Cc1ccc(C(=O)Nc2ccc(-c3ccc(C(=O)O)cc3)cc2)cc1/C=C\C.CC. The van der Waals surface area contributed by atoms with Gasteiger partial charge in [-0.05, 0) is 65.6 Å². The Kier molecular flexibility index (Phi) is 8.52. The van der Waals surface area contributed by atoms with E-state index in [2.05, 4.69) is 11.9 Å². The molecule has 3 rings (SSSR count). The number of carbonyl (C=O) groups is 2. The number of aromatic carboxylic acids is 1. The molecular formula is C27H27NO3. The average molecular weight is 414 g/mol. The van der Waals surface area contributed by atoms with Gasteiger partial charge in [0.15, 0.2) is 0 Å². The molecule has 0 saturated heterocycles. The van der Waals surface area contributed by atoms with E-state index in [-0.39, 0.29) is 11.5 Å². The van der Waals surface area contributed by atoms with Crippen molar-refractivity contribution >= 4 is 29.7 Å². The summed E-state index contributed by atoms with van der Waals surface area (Å²) in [5.41, 5.74) is 5.25. The number of hydrogen-bond donors (Lipinski definition) is 2. The normalized spacial score (nSPS) is 10.2. The van der Waals surface area contributed by atoms with Crippen molar-refractivity contribution in [3.8, 4) is 11.1 Å². The summed E-state index contributed by atoms with van der Waals surface area (Å²) < 4.78 is 0. The van der Waals surface area contributed by atoms with Crippen molar-refractivity contribution in [2.24, 2.45) is 0 Å². The van der Waals surface area contributed by atoms with Gasteiger partial charge in [-0.15, -0.1) is 0 Å². The Hall–Kier alpha value is -3.92. The molecule has 3 aromatic rings. The highest BCUT2D eigenvalue weighted by Crippen LogP contribution is 2.23. The van der Waals surface area contributed by atoms with Crippen molar-refractivity contribution in [2.45, 2.75) is 20.8 Å². The lowest BCUT2D eigenvalue weighted by Crippen LogP contribution is -2.12. The van der Waals surface area contributed by atoms with Gasteiger partial charge in [0.2, 0.25) is 0 Å². The number of carboxylic acids is 1. The van der Waals surface area contributed by atoms with Crippen LogP contribution in [-0.2, 0) is 0 Å². The maximum atomic E-state index is 12.6. The first-order chi connectivity index (χ1) is 15.0. The molecule has 1 amide bonds. The van der Waals surface area contributed by atoms with E-state index in [0.717, 1.165) is 22.3 Å². The summed E-state index contributed by atoms with van der Waals surface area (Å²) >= 11 is 0. The number of hydrogen-bond acceptors (Lipinski definition) is 2. The van der Waals surface area contributed by atoms with Crippen LogP contribution < -0.4 is 5.32 Å². The highest BCUT2D eigenvalue weighted by atomic mass is 16.4. The minimum Gasteiger partial charge on any atom is -0.478 e. The van der Waals surface area contributed by atoms with Crippen molar-refractivity contribution in [3.63, 3.8) is 0 Å². The Morgan fingerprint density at radius 3 is 1.90 bits per heavy atom. The molecule has 0 heterocycles. The molecule has 4 heteroatoms. The van der Waals surface area contributed by atoms with Gasteiger partial charge in [-0.3, -0.25) is 4.79 Å². The summed E-state index contributed by atoms with van der Waals surface area (Å²) in [5, 5.41) is 11.9. The van der Waals surface area contributed by atoms with Crippen LogP contribution in [0.15, 0.2) is 79.4 Å². The lowest BCUT2D eigenvalue weighted by Gasteiger charge is -2.09. The molecule has 0 bridgehead atoms. The second-order valence-corrected chi connectivity index (χ2v) is 6.46. The molecule has 0 atom stereocenters. The summed E-state index contributed by atoms with van der Waals surface area (Å²) in [5.74, 6) is -1.14. The fourth-order valence-corrected chi connectivity index (χ4v) is 2.98. The third-order valence-corrected chi connectivity index (χ3v) is 4.52. The topological polar surface area (TPSA) is 66.4 Å². The van der Waals surface area contributed by atoms with Crippen molar-refractivity contribution < 1.29 is 14.7 Å². The van der Waals surface area contributed by atoms with Crippen LogP contribution in [0.4, 0.5) is 5.69 Å². The first kappa shape index (κ1) is 23.4. The first-order valence-corrected chi connectivity index (χ1v) is 10.2. The molecule has 31 heavy (non-hydrogen) atoms. The van der Waals surface area contributed by atoms with E-state index in [1.165, 1.54) is 0 Å². The average Bonchev–Trinajstić information content (AvgIpc) is 2.81. The van der Waals surface area contributed by atoms with Crippen LogP contribution in [0, 0.1) is 0 Å². The Morgan fingerprint density at radius 2 is 1.39 bits per heavy atom. The van der Waals surface area contributed by atoms with Gasteiger partial charge in [0.25, 0.3) is 5.91 Å². The molecule has 0 saturated carbocycles. The number of allylic oxidation sites excluding steroid dienone is 1. The van der Waals surface area contributed by atoms with Crippen LogP contribution in [0.5, 0.6) is 0 Å². The minimum absolute atomic E-state index is 0.190. The van der Waals surface area contributed by atoms with Gasteiger partial charge in [-0.2, -0.15) is 0 Å². The van der Waals surface area contributed by atoms with Gasteiger partial charge in [-0.1, -0.05) is 69.0 Å². The summed E-state index contributed by atoms with van der Waals surface area (Å²) in [7, 11) is 0. The molecule has 0 radical (unpaired) electrons. The van der Waals surface area contributed by atoms with Crippen LogP contribution in [0.2, 0.25) is 0 Å². The second-order valence-electron chi connectivity index (χ2n) is 6.46. The van der Waals surface area contributed by atoms with E-state index in [0.29, 0.717) is 11.3 Å². The van der Waals surface area contributed by atoms with Crippen LogP contribution in [-0.4, -0.2) is 17.0 Å². The van der Waals surface area contributed by atoms with E-state index >= 15 is 0 Å². The van der Waals surface area contributed by atoms with Crippen LogP contribution in [0.3, 0.4) is 0 Å². The molecule has 0 fully saturated rings. The molecular weight excluding hydrogens is 386 g/mol. The summed E-state index contributed by atoms with van der Waals surface area (Å²) in [4.78, 5) is 23.6. The third-order valence-electron chi connectivity index (χ3n) is 4.52. The number of carboxylic acid groups (broad SMARTS) is 1. The smallest absolute Gasteiger partial charge is 0.335 e. The predicted molar refractivity (Wildman–Crippen MR) is 129 cm³/mol. The number of amides is 1. The van der Waals surface area contributed by atoms with Crippen LogP contribution in [0.1, 0.15) is 52.6 Å². The fourth-order valence-electron chi connectivity index (χ4n) is 2.98. The lowest BCUT2D eigenvalue weighted by molar-refractivity contribution is 0.0696. The van der Waals surface area contributed by atoms with E-state index in [9.17, 15) is 9.59 Å². The molecule has 0 unspecified atom stereocenters. The quantitative estimate of drug-likeness (QED) is 0.457. The van der Waals surface area contributed by atoms with Gasteiger partial charge in [0, 0.05) is 11.3 Å². The Labute approximate surface area is 183 Å². The largest absolute Gasteiger partial charge is 0.478 e. The summed E-state index contributed by atoms with van der Waals surface area (Å²) in [6, 6.07) is 19.6. The third kappa shape index (κ3) is 6.03. The Bertz CT molecular complexity index is 1080. The molecule has 0 aliphatic heterocycles. The molecule has 0 aromatic heterocycles. The minimum atomic E-state index is -0.951. The fraction of sp³-hybridized carbons (Fsp3) is 0.111. The highest BCUT2D eigenvalue weighted by molar-refractivity contribution is 6.05. The molecule has 3 aromatic carbocycles. The number of benzene rings is 3. The van der Waals surface area contributed by atoms with Crippen molar-refractivity contribution in [1.82, 2.24) is 0 Å². The molecule has 0 spiro atoms. The van der Waals surface area contributed by atoms with E-state index in [1.54, 1.807) is 36.4 Å². The van der Waals surface area contributed by atoms with Crippen molar-refractivity contribution in [2.75, 3.05) is 5.32 Å². The molecule has 0 aliphatic carbocycles. The van der Waals surface area contributed by atoms with E-state index < -0.39 is 5.97 Å². The lowest BCUT2D eigenvalue weighted by atomic mass is 10.0. The summed E-state index contributed by atoms with van der Waals surface area (Å²) in [6.07, 6.45) is 5.63. The number of carbonyl (C=O) groups excluding carboxylic acids is 1.